The average molecular weight is 1420 g/mol. The van der Waals surface area contributed by atoms with E-state index in [4.69, 9.17) is 91.7 Å². The molecule has 0 N–H and O–H groups in total. The van der Waals surface area contributed by atoms with Crippen molar-refractivity contribution in [3.8, 4) is 69.1 Å². The summed E-state index contributed by atoms with van der Waals surface area (Å²) in [5.74, 6) is 6.66. The van der Waals surface area contributed by atoms with Gasteiger partial charge in [0, 0.05) is 36.0 Å². The van der Waals surface area contributed by atoms with Crippen LogP contribution in [0.25, 0.3) is 33.4 Å². The third-order valence-electron chi connectivity index (χ3n) is 18.3. The highest BCUT2D eigenvalue weighted by Crippen LogP contribution is 2.46. The molecule has 8 unspecified atom stereocenters. The molecule has 0 saturated carbocycles. The fraction of sp³-hybridized carbons (Fsp3) is 0.395. The molecule has 5 heterocycles. The molecule has 5 saturated heterocycles. The van der Waals surface area contributed by atoms with Gasteiger partial charge in [-0.05, 0) is 147 Å². The van der Waals surface area contributed by atoms with E-state index in [1.165, 1.54) is 0 Å². The highest BCUT2D eigenvalue weighted by Gasteiger charge is 2.31. The van der Waals surface area contributed by atoms with E-state index in [1.807, 2.05) is 54.6 Å². The molecule has 0 bridgehead atoms. The summed E-state index contributed by atoms with van der Waals surface area (Å²) in [6, 6.07) is 54.9. The molecule has 1 aliphatic carbocycles. The van der Waals surface area contributed by atoms with Crippen molar-refractivity contribution in [2.24, 2.45) is 5.92 Å². The Morgan fingerprint density at radius 1 is 0.423 bits per heavy atom. The SMILES string of the molecule is C#C/C=C\C(=C/CC(c1ccc(C(c2cc(-c3ccc(OCCOCC4CO4)cc3)ccc2OCCOCC2CO2)C2C=CC(c3ccc(OCCOCCOC)cc3)=C2)cc1)c1cc(-c2ccc(OCCOCC3CO3)cc2)ccc1OCCOCC1CO1)c1ccc(OCCOCC2CO2)cc1. The van der Waals surface area contributed by atoms with Gasteiger partial charge in [-0.3, -0.25) is 0 Å². The van der Waals surface area contributed by atoms with Crippen molar-refractivity contribution in [2.45, 2.75) is 48.8 Å². The van der Waals surface area contributed by atoms with Crippen LogP contribution in [0.3, 0.4) is 0 Å². The monoisotopic (exact) mass is 1410 g/mol. The zero-order chi connectivity index (χ0) is 70.8. The van der Waals surface area contributed by atoms with Gasteiger partial charge < -0.3 is 85.3 Å². The van der Waals surface area contributed by atoms with Crippen molar-refractivity contribution in [2.75, 3.05) is 166 Å². The van der Waals surface area contributed by atoms with Gasteiger partial charge >= 0.3 is 0 Å². The third-order valence-corrected chi connectivity index (χ3v) is 18.3. The van der Waals surface area contributed by atoms with Crippen LogP contribution in [0.1, 0.15) is 51.6 Å². The minimum absolute atomic E-state index is 0.115. The van der Waals surface area contributed by atoms with E-state index in [1.54, 1.807) is 13.2 Å². The summed E-state index contributed by atoms with van der Waals surface area (Å²) in [6.45, 7) is 12.6. The lowest BCUT2D eigenvalue weighted by atomic mass is 9.78. The van der Waals surface area contributed by atoms with Gasteiger partial charge in [0.1, 0.15) is 105 Å². The average Bonchev–Trinajstić information content (AvgIpc) is 0.995. The first-order chi connectivity index (χ1) is 51.4. The van der Waals surface area contributed by atoms with Gasteiger partial charge in [0.05, 0.1) is 119 Å². The number of rotatable bonds is 49. The van der Waals surface area contributed by atoms with Crippen molar-refractivity contribution in [3.05, 3.63) is 228 Å². The van der Waals surface area contributed by atoms with Crippen molar-refractivity contribution >= 4 is 11.1 Å². The van der Waals surface area contributed by atoms with Crippen molar-refractivity contribution in [1.82, 2.24) is 0 Å². The second kappa shape index (κ2) is 38.9. The maximum Gasteiger partial charge on any atom is 0.123 e. The number of methoxy groups -OCH3 is 1. The van der Waals surface area contributed by atoms with Gasteiger partial charge in [-0.1, -0.05) is 115 Å². The topological polar surface area (TPSA) is 183 Å². The normalized spacial score (nSPS) is 19.6. The Morgan fingerprint density at radius 2 is 0.808 bits per heavy atom. The second-order valence-corrected chi connectivity index (χ2v) is 26.1. The summed E-state index contributed by atoms with van der Waals surface area (Å²) >= 11 is 0. The molecule has 0 amide bonds. The van der Waals surface area contributed by atoms with Crippen LogP contribution in [-0.2, 0) is 56.8 Å². The number of ether oxygens (including phenoxy) is 18. The van der Waals surface area contributed by atoms with Gasteiger partial charge in [0.15, 0.2) is 0 Å². The van der Waals surface area contributed by atoms with E-state index in [9.17, 15) is 0 Å². The van der Waals surface area contributed by atoms with E-state index >= 15 is 0 Å². The van der Waals surface area contributed by atoms with E-state index in [2.05, 4.69) is 139 Å². The summed E-state index contributed by atoms with van der Waals surface area (Å²) in [6.07, 6.45) is 20.3. The van der Waals surface area contributed by atoms with Crippen LogP contribution >= 0.6 is 0 Å². The summed E-state index contributed by atoms with van der Waals surface area (Å²) in [4.78, 5) is 0. The third kappa shape index (κ3) is 23.4. The van der Waals surface area contributed by atoms with Gasteiger partial charge in [-0.2, -0.15) is 0 Å². The van der Waals surface area contributed by atoms with Crippen LogP contribution in [0.15, 0.2) is 194 Å². The van der Waals surface area contributed by atoms with Crippen LogP contribution in [0.2, 0.25) is 0 Å². The van der Waals surface area contributed by atoms with Gasteiger partial charge in [-0.15, -0.1) is 6.42 Å². The minimum atomic E-state index is -0.257. The zero-order valence-electron chi connectivity index (χ0n) is 59.2. The Kier molecular flexibility index (Phi) is 27.6. The van der Waals surface area contributed by atoms with Crippen LogP contribution in [0, 0.1) is 18.3 Å². The summed E-state index contributed by atoms with van der Waals surface area (Å²) in [5, 5.41) is 0. The highest BCUT2D eigenvalue weighted by atomic mass is 16.6. The highest BCUT2D eigenvalue weighted by molar-refractivity contribution is 5.78. The Bertz CT molecular complexity index is 3940. The second-order valence-electron chi connectivity index (χ2n) is 26.1. The Labute approximate surface area is 610 Å². The lowest BCUT2D eigenvalue weighted by Gasteiger charge is -2.27. The van der Waals surface area contributed by atoms with Gasteiger partial charge in [-0.25, -0.2) is 0 Å². The molecule has 7 aromatic carbocycles. The Hall–Kier alpha value is -8.62. The number of hydrogen-bond acceptors (Lipinski definition) is 18. The first-order valence-corrected chi connectivity index (χ1v) is 36.3. The zero-order valence-corrected chi connectivity index (χ0v) is 59.2. The van der Waals surface area contributed by atoms with Crippen LogP contribution in [0.4, 0.5) is 0 Å². The van der Waals surface area contributed by atoms with Crippen LogP contribution in [0.5, 0.6) is 34.5 Å². The summed E-state index contributed by atoms with van der Waals surface area (Å²) < 4.78 is 105. The predicted molar refractivity (Wildman–Crippen MR) is 396 cm³/mol. The molecule has 7 aromatic rings. The van der Waals surface area contributed by atoms with E-state index in [0.717, 1.165) is 121 Å². The van der Waals surface area contributed by atoms with Crippen LogP contribution in [-0.4, -0.2) is 196 Å². The molecule has 6 aliphatic rings. The Morgan fingerprint density at radius 3 is 1.25 bits per heavy atom. The summed E-state index contributed by atoms with van der Waals surface area (Å²) in [7, 11) is 1.66. The minimum Gasteiger partial charge on any atom is -0.491 e. The molecule has 0 spiro atoms. The lowest BCUT2D eigenvalue weighted by Crippen LogP contribution is -2.15. The molecule has 18 heteroatoms. The molecule has 5 aliphatic heterocycles. The lowest BCUT2D eigenvalue weighted by molar-refractivity contribution is 0.0544. The van der Waals surface area contributed by atoms with Gasteiger partial charge in [0.25, 0.3) is 0 Å². The molecular formula is C86H94O18. The number of terminal acetylenes is 1. The largest absolute Gasteiger partial charge is 0.491 e. The van der Waals surface area contributed by atoms with Gasteiger partial charge in [0.2, 0.25) is 0 Å². The molecule has 0 aromatic heterocycles. The van der Waals surface area contributed by atoms with Crippen LogP contribution < -0.4 is 28.4 Å². The van der Waals surface area contributed by atoms with E-state index in [-0.39, 0.29) is 48.3 Å². The molecule has 8 atom stereocenters. The smallest absolute Gasteiger partial charge is 0.123 e. The fourth-order valence-electron chi connectivity index (χ4n) is 12.2. The molecule has 18 nitrogen and oxygen atoms in total. The predicted octanol–water partition coefficient (Wildman–Crippen LogP) is 13.2. The number of epoxide rings is 5. The summed E-state index contributed by atoms with van der Waals surface area (Å²) in [5.41, 5.74) is 12.4. The van der Waals surface area contributed by atoms with E-state index < -0.39 is 0 Å². The number of benzene rings is 7. The fourth-order valence-corrected chi connectivity index (χ4v) is 12.2. The number of allylic oxidation sites excluding steroid dienone is 8. The first kappa shape index (κ1) is 73.7. The molecule has 13 rings (SSSR count). The van der Waals surface area contributed by atoms with Crippen molar-refractivity contribution in [1.29, 1.82) is 0 Å². The van der Waals surface area contributed by atoms with Crippen molar-refractivity contribution in [3.63, 3.8) is 0 Å². The molecule has 5 fully saturated rings. The molecular weight excluding hydrogens is 1320 g/mol. The standard InChI is InChI=1S/C86H94O18/c1-3-4-5-61(62-12-23-72(24-13-62)95-43-37-89-51-76-56-100-76)20-31-81(82-49-69(21-32-84(82)98-46-40-92-54-79-59-103-79)64-16-27-74(28-17-64)96-44-38-90-52-77-57-101-77)66-6-8-67(9-7-66)86(71-11-10-68(48-71)63-14-25-73(26-15-63)94-42-36-88-35-34-87-2)83-50-70(22-33-85(83)99-47-41-93-55-80-60-104-80)65-18-29-75(30-19-65)97-45-39-91-53-78-58-102-78/h1,4-30,32-33,48-50,71,76-81,86H,31,34-47,51-60H2,2H3/b5-4-,61-20+. The van der Waals surface area contributed by atoms with Crippen molar-refractivity contribution < 1.29 is 85.3 Å². The quantitative estimate of drug-likeness (QED) is 0.0152. The maximum absolute atomic E-state index is 6.86. The molecule has 546 valence electrons. The molecule has 104 heavy (non-hydrogen) atoms. The maximum atomic E-state index is 6.86. The van der Waals surface area contributed by atoms with E-state index in [0.29, 0.717) is 145 Å². The first-order valence-electron chi connectivity index (χ1n) is 36.3. The number of hydrogen-bond donors (Lipinski definition) is 0. The Balaban J connectivity index is 0.856. The molecule has 0 radical (unpaired) electrons.